The highest BCUT2D eigenvalue weighted by atomic mass is 32.2. The van der Waals surface area contributed by atoms with Gasteiger partial charge in [0.05, 0.1) is 26.4 Å². The molecule has 2 heterocycles. The topological polar surface area (TPSA) is 104 Å². The summed E-state index contributed by atoms with van der Waals surface area (Å²) in [7, 11) is -0.508. The lowest BCUT2D eigenvalue weighted by atomic mass is 10.3. The van der Waals surface area contributed by atoms with E-state index in [9.17, 15) is 8.42 Å². The molecular formula is C15H24N2O6S2. The molecule has 0 aliphatic rings. The van der Waals surface area contributed by atoms with Crippen molar-refractivity contribution in [3.63, 3.8) is 0 Å². The van der Waals surface area contributed by atoms with Gasteiger partial charge in [-0.2, -0.15) is 0 Å². The van der Waals surface area contributed by atoms with Crippen LogP contribution in [0.1, 0.15) is 4.88 Å². The molecular weight excluding hydrogens is 368 g/mol. The Morgan fingerprint density at radius 1 is 1.12 bits per heavy atom. The van der Waals surface area contributed by atoms with E-state index in [1.54, 1.807) is 14.2 Å². The zero-order valence-electron chi connectivity index (χ0n) is 14.4. The van der Waals surface area contributed by atoms with Crippen LogP contribution in [0.2, 0.25) is 0 Å². The van der Waals surface area contributed by atoms with Crippen LogP contribution in [0.4, 0.5) is 0 Å². The maximum atomic E-state index is 11.3. The van der Waals surface area contributed by atoms with Gasteiger partial charge in [0.2, 0.25) is 5.09 Å². The number of ether oxygens (including phenoxy) is 3. The van der Waals surface area contributed by atoms with Crippen molar-refractivity contribution >= 4 is 31.6 Å². The van der Waals surface area contributed by atoms with E-state index in [1.165, 1.54) is 17.4 Å². The molecule has 25 heavy (non-hydrogen) atoms. The summed E-state index contributed by atoms with van der Waals surface area (Å²) in [4.78, 5) is 3.84. The standard InChI is InChI=1S/C15H24N2O6S2/c1-20-5-3-17(4-6-22-8-7-21-2)11-13-9-12-10-14(25(16,18)19)23-15(12)24-13/h9-10H,3-8,11H2,1-2H3,(H2,16,18,19). The molecule has 10 heteroatoms. The lowest BCUT2D eigenvalue weighted by Crippen LogP contribution is -2.30. The molecule has 0 saturated heterocycles. The van der Waals surface area contributed by atoms with Crippen LogP contribution < -0.4 is 5.14 Å². The van der Waals surface area contributed by atoms with E-state index in [2.05, 4.69) is 4.90 Å². The van der Waals surface area contributed by atoms with Crippen LogP contribution in [0.5, 0.6) is 0 Å². The number of nitrogens with zero attached hydrogens (tertiary/aromatic N) is 1. The van der Waals surface area contributed by atoms with Crippen LogP contribution in [0.3, 0.4) is 0 Å². The predicted molar refractivity (Wildman–Crippen MR) is 95.3 cm³/mol. The molecule has 2 rings (SSSR count). The molecule has 0 aliphatic heterocycles. The first-order valence-corrected chi connectivity index (χ1v) is 10.1. The number of methoxy groups -OCH3 is 2. The summed E-state index contributed by atoms with van der Waals surface area (Å²) >= 11 is 1.41. The molecule has 0 aromatic carbocycles. The lowest BCUT2D eigenvalue weighted by molar-refractivity contribution is 0.0509. The van der Waals surface area contributed by atoms with Crippen LogP contribution in [-0.2, 0) is 30.8 Å². The SMILES string of the molecule is COCCOCCN(CCOC)Cc1cc2cc(S(N)(=O)=O)oc2s1. The highest BCUT2D eigenvalue weighted by Crippen LogP contribution is 2.31. The minimum absolute atomic E-state index is 0.205. The Balaban J connectivity index is 1.96. The number of furan rings is 1. The second-order valence-electron chi connectivity index (χ2n) is 5.44. The summed E-state index contributed by atoms with van der Waals surface area (Å²) in [6, 6.07) is 3.38. The molecule has 0 bridgehead atoms. The van der Waals surface area contributed by atoms with Crippen molar-refractivity contribution in [1.82, 2.24) is 4.90 Å². The molecule has 142 valence electrons. The van der Waals surface area contributed by atoms with Gasteiger partial charge in [-0.1, -0.05) is 0 Å². The quantitative estimate of drug-likeness (QED) is 0.542. The van der Waals surface area contributed by atoms with Crippen LogP contribution in [0.25, 0.3) is 10.3 Å². The van der Waals surface area contributed by atoms with Crippen LogP contribution in [0, 0.1) is 0 Å². The third-order valence-corrected chi connectivity index (χ3v) is 5.27. The summed E-state index contributed by atoms with van der Waals surface area (Å²) in [5.74, 6) is 0. The second kappa shape index (κ2) is 9.62. The average Bonchev–Trinajstić information content (AvgIpc) is 3.10. The third kappa shape index (κ3) is 6.33. The minimum atomic E-state index is -3.82. The van der Waals surface area contributed by atoms with Gasteiger partial charge in [0, 0.05) is 50.2 Å². The van der Waals surface area contributed by atoms with Gasteiger partial charge in [0.1, 0.15) is 0 Å². The molecule has 2 aromatic rings. The first kappa shape index (κ1) is 20.3. The molecule has 0 spiro atoms. The van der Waals surface area contributed by atoms with E-state index in [-0.39, 0.29) is 5.09 Å². The van der Waals surface area contributed by atoms with E-state index in [4.69, 9.17) is 23.8 Å². The van der Waals surface area contributed by atoms with Crippen molar-refractivity contribution in [3.05, 3.63) is 17.0 Å². The van der Waals surface area contributed by atoms with E-state index in [1.807, 2.05) is 6.07 Å². The molecule has 2 N–H and O–H groups in total. The Hall–Kier alpha value is -1.01. The number of nitrogens with two attached hydrogens (primary N) is 1. The smallest absolute Gasteiger partial charge is 0.271 e. The van der Waals surface area contributed by atoms with E-state index >= 15 is 0 Å². The normalized spacial score (nSPS) is 12.5. The van der Waals surface area contributed by atoms with Gasteiger partial charge < -0.3 is 18.6 Å². The van der Waals surface area contributed by atoms with Crippen molar-refractivity contribution < 1.29 is 27.0 Å². The van der Waals surface area contributed by atoms with Gasteiger partial charge in [-0.15, -0.1) is 11.3 Å². The van der Waals surface area contributed by atoms with E-state index < -0.39 is 10.0 Å². The van der Waals surface area contributed by atoms with Crippen molar-refractivity contribution in [2.24, 2.45) is 5.14 Å². The zero-order valence-corrected chi connectivity index (χ0v) is 16.0. The van der Waals surface area contributed by atoms with Crippen molar-refractivity contribution in [2.75, 3.05) is 53.7 Å². The second-order valence-corrected chi connectivity index (χ2v) is 8.03. The monoisotopic (exact) mass is 392 g/mol. The Kier molecular flexibility index (Phi) is 7.81. The van der Waals surface area contributed by atoms with Crippen LogP contribution in [0.15, 0.2) is 21.6 Å². The Morgan fingerprint density at radius 3 is 2.48 bits per heavy atom. The first-order valence-electron chi connectivity index (χ1n) is 7.77. The number of hydrogen-bond donors (Lipinski definition) is 1. The molecule has 8 nitrogen and oxygen atoms in total. The summed E-state index contributed by atoms with van der Waals surface area (Å²) in [6.07, 6.45) is 0. The number of fused-ring (bicyclic) bond motifs is 1. The first-order chi connectivity index (χ1) is 11.9. The highest BCUT2D eigenvalue weighted by molar-refractivity contribution is 7.89. The third-order valence-electron chi connectivity index (χ3n) is 3.50. The summed E-state index contributed by atoms with van der Waals surface area (Å²) in [6.45, 7) is 4.60. The average molecular weight is 392 g/mol. The van der Waals surface area contributed by atoms with Gasteiger partial charge in [0.15, 0.2) is 4.90 Å². The van der Waals surface area contributed by atoms with Gasteiger partial charge >= 0.3 is 0 Å². The fourth-order valence-corrected chi connectivity index (χ4v) is 3.82. The Bertz CT molecular complexity index is 724. The molecule has 0 unspecified atom stereocenters. The summed E-state index contributed by atoms with van der Waals surface area (Å²) in [5.41, 5.74) is 0. The van der Waals surface area contributed by atoms with Gasteiger partial charge in [-0.25, -0.2) is 13.6 Å². The van der Waals surface area contributed by atoms with Crippen LogP contribution in [-0.4, -0.2) is 67.1 Å². The number of thiophene rings is 1. The lowest BCUT2D eigenvalue weighted by Gasteiger charge is -2.21. The van der Waals surface area contributed by atoms with Gasteiger partial charge in [-0.3, -0.25) is 4.90 Å². The highest BCUT2D eigenvalue weighted by Gasteiger charge is 2.17. The maximum Gasteiger partial charge on any atom is 0.271 e. The zero-order chi connectivity index (χ0) is 18.3. The van der Waals surface area contributed by atoms with Crippen LogP contribution >= 0.6 is 11.3 Å². The largest absolute Gasteiger partial charge is 0.433 e. The van der Waals surface area contributed by atoms with Crippen molar-refractivity contribution in [2.45, 2.75) is 11.6 Å². The number of hydrogen-bond acceptors (Lipinski definition) is 8. The van der Waals surface area contributed by atoms with Gasteiger partial charge in [-0.05, 0) is 6.07 Å². The molecule has 0 atom stereocenters. The summed E-state index contributed by atoms with van der Waals surface area (Å²) in [5, 5.41) is 5.62. The number of rotatable bonds is 12. The van der Waals surface area contributed by atoms with Gasteiger partial charge in [0.25, 0.3) is 10.0 Å². The Morgan fingerprint density at radius 2 is 1.84 bits per heavy atom. The molecule has 2 aromatic heterocycles. The fourth-order valence-electron chi connectivity index (χ4n) is 2.23. The summed E-state index contributed by atoms with van der Waals surface area (Å²) < 4.78 is 43.6. The minimum Gasteiger partial charge on any atom is -0.433 e. The van der Waals surface area contributed by atoms with E-state index in [0.717, 1.165) is 23.4 Å². The molecule has 0 aliphatic carbocycles. The molecule has 0 radical (unpaired) electrons. The number of primary sulfonamides is 1. The van der Waals surface area contributed by atoms with Crippen molar-refractivity contribution in [1.29, 1.82) is 0 Å². The predicted octanol–water partition coefficient (Wildman–Crippen LogP) is 1.25. The van der Waals surface area contributed by atoms with Crippen molar-refractivity contribution in [3.8, 4) is 0 Å². The van der Waals surface area contributed by atoms with E-state index in [0.29, 0.717) is 37.9 Å². The Labute approximate surface area is 151 Å². The molecule has 0 saturated carbocycles. The maximum absolute atomic E-state index is 11.3. The molecule has 0 fully saturated rings. The number of sulfonamides is 1. The fraction of sp³-hybridized carbons (Fsp3) is 0.600. The molecule has 0 amide bonds.